The maximum absolute atomic E-state index is 11.8. The number of aromatic nitrogens is 1. The number of aromatic hydroxyl groups is 1. The van der Waals surface area contributed by atoms with E-state index in [2.05, 4.69) is 0 Å². The van der Waals surface area contributed by atoms with Crippen LogP contribution in [-0.2, 0) is 9.53 Å². The van der Waals surface area contributed by atoms with Gasteiger partial charge in [0.1, 0.15) is 11.8 Å². The third-order valence-corrected chi connectivity index (χ3v) is 3.29. The predicted octanol–water partition coefficient (Wildman–Crippen LogP) is 2.49. The molecule has 5 nitrogen and oxygen atoms in total. The van der Waals surface area contributed by atoms with E-state index in [1.807, 2.05) is 30.7 Å². The van der Waals surface area contributed by atoms with Crippen LogP contribution in [0.1, 0.15) is 38.4 Å². The number of ether oxygens (including phenoxy) is 1. The summed E-state index contributed by atoms with van der Waals surface area (Å²) in [5.41, 5.74) is 7.35. The first kappa shape index (κ1) is 14.4. The molecule has 0 spiro atoms. The first-order chi connectivity index (χ1) is 9.47. The molecular weight excluding hydrogens is 256 g/mol. The van der Waals surface area contributed by atoms with Crippen LogP contribution in [0.5, 0.6) is 5.75 Å². The van der Waals surface area contributed by atoms with Gasteiger partial charge in [0.25, 0.3) is 0 Å². The number of hydrogen-bond donors (Lipinski definition) is 2. The second-order valence-electron chi connectivity index (χ2n) is 4.99. The van der Waals surface area contributed by atoms with Crippen LogP contribution in [-0.4, -0.2) is 22.2 Å². The fraction of sp³-hybridized carbons (Fsp3) is 0.400. The minimum absolute atomic E-state index is 0.147. The Balaban J connectivity index is 2.60. The van der Waals surface area contributed by atoms with E-state index in [-0.39, 0.29) is 11.8 Å². The SMILES string of the molecule is CCOC(=O)C(N)c1cn(C(C)C)c2c(O)cccc12. The number of fused-ring (bicyclic) bond motifs is 1. The van der Waals surface area contributed by atoms with Gasteiger partial charge >= 0.3 is 5.97 Å². The third-order valence-electron chi connectivity index (χ3n) is 3.29. The second kappa shape index (κ2) is 5.54. The largest absolute Gasteiger partial charge is 0.506 e. The molecule has 0 aliphatic rings. The number of nitrogens with zero attached hydrogens (tertiary/aromatic N) is 1. The van der Waals surface area contributed by atoms with Crippen molar-refractivity contribution < 1.29 is 14.6 Å². The van der Waals surface area contributed by atoms with Gasteiger partial charge in [-0.1, -0.05) is 12.1 Å². The summed E-state index contributed by atoms with van der Waals surface area (Å²) in [4.78, 5) is 11.8. The van der Waals surface area contributed by atoms with Gasteiger partial charge in [-0.05, 0) is 26.8 Å². The molecule has 2 rings (SSSR count). The van der Waals surface area contributed by atoms with Crippen molar-refractivity contribution in [2.45, 2.75) is 32.9 Å². The summed E-state index contributed by atoms with van der Waals surface area (Å²) in [6.45, 7) is 6.05. The van der Waals surface area contributed by atoms with Crippen molar-refractivity contribution in [3.8, 4) is 5.75 Å². The number of carbonyl (C=O) groups is 1. The second-order valence-corrected chi connectivity index (χ2v) is 4.99. The number of phenols is 1. The highest BCUT2D eigenvalue weighted by Gasteiger charge is 2.23. The molecule has 1 heterocycles. The Morgan fingerprint density at radius 2 is 2.15 bits per heavy atom. The quantitative estimate of drug-likeness (QED) is 0.841. The zero-order valence-electron chi connectivity index (χ0n) is 12.0. The standard InChI is InChI=1S/C15H20N2O3/c1-4-20-15(19)13(16)11-8-17(9(2)3)14-10(11)6-5-7-12(14)18/h5-9,13,18H,4,16H2,1-3H3. The Morgan fingerprint density at radius 3 is 2.75 bits per heavy atom. The van der Waals surface area contributed by atoms with Crippen LogP contribution < -0.4 is 5.73 Å². The van der Waals surface area contributed by atoms with Gasteiger partial charge in [0.05, 0.1) is 12.1 Å². The molecule has 1 unspecified atom stereocenters. The molecule has 108 valence electrons. The number of esters is 1. The van der Waals surface area contributed by atoms with E-state index >= 15 is 0 Å². The van der Waals surface area contributed by atoms with Gasteiger partial charge in [0.2, 0.25) is 0 Å². The molecule has 3 N–H and O–H groups in total. The van der Waals surface area contributed by atoms with Gasteiger partial charge in [-0.2, -0.15) is 0 Å². The van der Waals surface area contributed by atoms with E-state index in [0.29, 0.717) is 17.7 Å². The summed E-state index contributed by atoms with van der Waals surface area (Å²) in [5, 5.41) is 10.8. The Kier molecular flexibility index (Phi) is 3.99. The summed E-state index contributed by atoms with van der Waals surface area (Å²) in [5.74, 6) is -0.280. The van der Waals surface area contributed by atoms with Crippen LogP contribution >= 0.6 is 0 Å². The van der Waals surface area contributed by atoms with Crippen molar-refractivity contribution in [2.75, 3.05) is 6.61 Å². The highest BCUT2D eigenvalue weighted by molar-refractivity contribution is 5.93. The van der Waals surface area contributed by atoms with Crippen molar-refractivity contribution in [3.05, 3.63) is 30.0 Å². The van der Waals surface area contributed by atoms with Crippen molar-refractivity contribution in [1.82, 2.24) is 4.57 Å². The van der Waals surface area contributed by atoms with Crippen molar-refractivity contribution in [1.29, 1.82) is 0 Å². The van der Waals surface area contributed by atoms with E-state index in [4.69, 9.17) is 10.5 Å². The molecule has 2 aromatic rings. The average molecular weight is 276 g/mol. The number of nitrogens with two attached hydrogens (primary N) is 1. The van der Waals surface area contributed by atoms with Gasteiger partial charge in [-0.15, -0.1) is 0 Å². The number of hydrogen-bond acceptors (Lipinski definition) is 4. The molecule has 0 saturated heterocycles. The zero-order chi connectivity index (χ0) is 14.9. The number of phenolic OH excluding ortho intramolecular Hbond substituents is 1. The lowest BCUT2D eigenvalue weighted by Gasteiger charge is -2.10. The summed E-state index contributed by atoms with van der Waals surface area (Å²) in [7, 11) is 0. The molecule has 5 heteroatoms. The van der Waals surface area contributed by atoms with Crippen molar-refractivity contribution in [2.24, 2.45) is 5.73 Å². The monoisotopic (exact) mass is 276 g/mol. The number of carbonyl (C=O) groups excluding carboxylic acids is 1. The van der Waals surface area contributed by atoms with Gasteiger partial charge in [-0.25, -0.2) is 4.79 Å². The van der Waals surface area contributed by atoms with Crippen LogP contribution in [0.25, 0.3) is 10.9 Å². The summed E-state index contributed by atoms with van der Waals surface area (Å²) < 4.78 is 6.89. The van der Waals surface area contributed by atoms with Gasteiger partial charge in [0, 0.05) is 23.2 Å². The summed E-state index contributed by atoms with van der Waals surface area (Å²) >= 11 is 0. The topological polar surface area (TPSA) is 77.5 Å². The predicted molar refractivity (Wildman–Crippen MR) is 77.5 cm³/mol. The smallest absolute Gasteiger partial charge is 0.327 e. The average Bonchev–Trinajstić information content (AvgIpc) is 2.79. The molecule has 0 aliphatic carbocycles. The molecule has 20 heavy (non-hydrogen) atoms. The molecule has 0 aliphatic heterocycles. The molecule has 0 saturated carbocycles. The molecule has 1 atom stereocenters. The Hall–Kier alpha value is -2.01. The lowest BCUT2D eigenvalue weighted by Crippen LogP contribution is -2.23. The van der Waals surface area contributed by atoms with Crippen LogP contribution in [0.3, 0.4) is 0 Å². The van der Waals surface area contributed by atoms with Crippen LogP contribution in [0, 0.1) is 0 Å². The normalized spacial score (nSPS) is 12.8. The fourth-order valence-corrected chi connectivity index (χ4v) is 2.33. The Morgan fingerprint density at radius 1 is 1.45 bits per heavy atom. The highest BCUT2D eigenvalue weighted by Crippen LogP contribution is 2.33. The third kappa shape index (κ3) is 2.36. The highest BCUT2D eigenvalue weighted by atomic mass is 16.5. The Bertz CT molecular complexity index is 631. The van der Waals surface area contributed by atoms with Crippen molar-refractivity contribution in [3.63, 3.8) is 0 Å². The number of para-hydroxylation sites is 1. The lowest BCUT2D eigenvalue weighted by molar-refractivity contribution is -0.144. The fourth-order valence-electron chi connectivity index (χ4n) is 2.33. The van der Waals surface area contributed by atoms with Crippen LogP contribution in [0.15, 0.2) is 24.4 Å². The van der Waals surface area contributed by atoms with E-state index in [9.17, 15) is 9.90 Å². The van der Waals surface area contributed by atoms with Crippen LogP contribution in [0.2, 0.25) is 0 Å². The molecule has 0 amide bonds. The summed E-state index contributed by atoms with van der Waals surface area (Å²) in [6, 6.07) is 4.51. The molecule has 0 fully saturated rings. The van der Waals surface area contributed by atoms with Crippen molar-refractivity contribution >= 4 is 16.9 Å². The maximum atomic E-state index is 11.8. The minimum atomic E-state index is -0.848. The zero-order valence-corrected chi connectivity index (χ0v) is 12.0. The molecule has 0 bridgehead atoms. The van der Waals surface area contributed by atoms with E-state index in [1.54, 1.807) is 19.1 Å². The molecule has 1 aromatic heterocycles. The van der Waals surface area contributed by atoms with E-state index < -0.39 is 12.0 Å². The number of benzene rings is 1. The summed E-state index contributed by atoms with van der Waals surface area (Å²) in [6.07, 6.45) is 1.82. The lowest BCUT2D eigenvalue weighted by atomic mass is 10.1. The molecule has 1 aromatic carbocycles. The van der Waals surface area contributed by atoms with Crippen LogP contribution in [0.4, 0.5) is 0 Å². The minimum Gasteiger partial charge on any atom is -0.506 e. The Labute approximate surface area is 117 Å². The number of rotatable bonds is 4. The molecular formula is C15H20N2O3. The maximum Gasteiger partial charge on any atom is 0.327 e. The van der Waals surface area contributed by atoms with Gasteiger partial charge < -0.3 is 20.1 Å². The first-order valence-corrected chi connectivity index (χ1v) is 6.72. The first-order valence-electron chi connectivity index (χ1n) is 6.72. The van der Waals surface area contributed by atoms with Gasteiger partial charge in [0.15, 0.2) is 0 Å². The van der Waals surface area contributed by atoms with E-state index in [0.717, 1.165) is 5.39 Å². The molecule has 0 radical (unpaired) electrons. The van der Waals surface area contributed by atoms with E-state index in [1.165, 1.54) is 0 Å². The van der Waals surface area contributed by atoms with Gasteiger partial charge in [-0.3, -0.25) is 0 Å².